The molecular weight excluding hydrogens is 316 g/mol. The summed E-state index contributed by atoms with van der Waals surface area (Å²) in [6, 6.07) is 12.1. The number of pyridine rings is 1. The van der Waals surface area contributed by atoms with Crippen LogP contribution in [0.4, 0.5) is 0 Å². The lowest BCUT2D eigenvalue weighted by atomic mass is 10.0. The number of rotatable bonds is 1. The fourth-order valence-electron chi connectivity index (χ4n) is 2.59. The van der Waals surface area contributed by atoms with Crippen LogP contribution >= 0.6 is 15.9 Å². The predicted molar refractivity (Wildman–Crippen MR) is 81.7 cm³/mol. The van der Waals surface area contributed by atoms with Crippen LogP contribution in [0.15, 0.2) is 47.2 Å². The molecule has 102 valence electrons. The summed E-state index contributed by atoms with van der Waals surface area (Å²) in [6.07, 6.45) is 3.51. The van der Waals surface area contributed by atoms with Crippen LogP contribution < -0.4 is 0 Å². The fourth-order valence-corrected chi connectivity index (χ4v) is 3.01. The number of fused-ring (bicyclic) bond motifs is 1. The van der Waals surface area contributed by atoms with E-state index in [1.54, 1.807) is 12.3 Å². The maximum absolute atomic E-state index is 12.6. The summed E-state index contributed by atoms with van der Waals surface area (Å²) < 4.78 is 0.617. The molecule has 2 aromatic rings. The topological polar surface area (TPSA) is 33.2 Å². The first-order valence-electron chi connectivity index (χ1n) is 6.72. The molecular formula is C16H15BrN2O. The lowest BCUT2D eigenvalue weighted by molar-refractivity contribution is 0.0761. The van der Waals surface area contributed by atoms with Crippen molar-refractivity contribution in [2.24, 2.45) is 0 Å². The molecule has 1 aliphatic rings. The van der Waals surface area contributed by atoms with Crippen molar-refractivity contribution in [2.75, 3.05) is 13.1 Å². The standard InChI is InChI=1S/C16H15BrN2O/c17-15-14(6-3-9-18-15)16(20)19-10-7-12-4-1-2-5-13(12)8-11-19/h1-6,9H,7-8,10-11H2. The minimum absolute atomic E-state index is 0.0535. The first-order valence-corrected chi connectivity index (χ1v) is 7.51. The molecule has 3 nitrogen and oxygen atoms in total. The Morgan fingerprint density at radius 3 is 2.30 bits per heavy atom. The van der Waals surface area contributed by atoms with Gasteiger partial charge in [0.05, 0.1) is 5.56 Å². The fraction of sp³-hybridized carbons (Fsp3) is 0.250. The van der Waals surface area contributed by atoms with E-state index >= 15 is 0 Å². The molecule has 0 N–H and O–H groups in total. The smallest absolute Gasteiger partial charge is 0.256 e. The van der Waals surface area contributed by atoms with Crippen LogP contribution in [-0.4, -0.2) is 28.9 Å². The van der Waals surface area contributed by atoms with Crippen LogP contribution in [0.5, 0.6) is 0 Å². The maximum atomic E-state index is 12.6. The third kappa shape index (κ3) is 2.61. The Morgan fingerprint density at radius 2 is 1.70 bits per heavy atom. The predicted octanol–water partition coefficient (Wildman–Crippen LogP) is 3.09. The van der Waals surface area contributed by atoms with Crippen LogP contribution in [0.2, 0.25) is 0 Å². The van der Waals surface area contributed by atoms with Gasteiger partial charge in [-0.2, -0.15) is 0 Å². The highest BCUT2D eigenvalue weighted by Crippen LogP contribution is 2.19. The Morgan fingerprint density at radius 1 is 1.05 bits per heavy atom. The molecule has 0 spiro atoms. The number of hydrogen-bond acceptors (Lipinski definition) is 2. The van der Waals surface area contributed by atoms with E-state index in [1.165, 1.54) is 11.1 Å². The highest BCUT2D eigenvalue weighted by atomic mass is 79.9. The summed E-state index contributed by atoms with van der Waals surface area (Å²) in [5.74, 6) is 0.0535. The van der Waals surface area contributed by atoms with E-state index in [4.69, 9.17) is 0 Å². The molecule has 1 aliphatic heterocycles. The SMILES string of the molecule is O=C(c1cccnc1Br)N1CCc2ccccc2CC1. The van der Waals surface area contributed by atoms with Crippen LogP contribution in [0.25, 0.3) is 0 Å². The van der Waals surface area contributed by atoms with Gasteiger partial charge in [-0.3, -0.25) is 4.79 Å². The summed E-state index contributed by atoms with van der Waals surface area (Å²) in [4.78, 5) is 18.6. The molecule has 1 aromatic heterocycles. The van der Waals surface area contributed by atoms with E-state index in [0.29, 0.717) is 10.2 Å². The number of amides is 1. The Balaban J connectivity index is 1.80. The first kappa shape index (κ1) is 13.3. The number of aromatic nitrogens is 1. The van der Waals surface area contributed by atoms with Crippen molar-refractivity contribution >= 4 is 21.8 Å². The third-order valence-corrected chi connectivity index (χ3v) is 4.33. The number of carbonyl (C=O) groups is 1. The normalized spacial score (nSPS) is 14.6. The lowest BCUT2D eigenvalue weighted by Gasteiger charge is -2.20. The molecule has 20 heavy (non-hydrogen) atoms. The molecule has 0 saturated carbocycles. The molecule has 2 heterocycles. The summed E-state index contributed by atoms with van der Waals surface area (Å²) in [5.41, 5.74) is 3.35. The zero-order valence-electron chi connectivity index (χ0n) is 11.1. The Kier molecular flexibility index (Phi) is 3.83. The van der Waals surface area contributed by atoms with Crippen LogP contribution in [0.1, 0.15) is 21.5 Å². The van der Waals surface area contributed by atoms with Crippen molar-refractivity contribution in [3.63, 3.8) is 0 Å². The van der Waals surface area contributed by atoms with Gasteiger partial charge in [-0.15, -0.1) is 0 Å². The van der Waals surface area contributed by atoms with E-state index in [-0.39, 0.29) is 5.91 Å². The van der Waals surface area contributed by atoms with Gasteiger partial charge in [0.2, 0.25) is 0 Å². The van der Waals surface area contributed by atoms with Gasteiger partial charge in [-0.1, -0.05) is 24.3 Å². The van der Waals surface area contributed by atoms with E-state index in [2.05, 4.69) is 45.2 Å². The van der Waals surface area contributed by atoms with Crippen molar-refractivity contribution in [1.82, 2.24) is 9.88 Å². The van der Waals surface area contributed by atoms with Gasteiger partial charge in [0.1, 0.15) is 4.60 Å². The number of benzene rings is 1. The number of carbonyl (C=O) groups excluding carboxylic acids is 1. The summed E-state index contributed by atoms with van der Waals surface area (Å²) in [6.45, 7) is 1.52. The van der Waals surface area contributed by atoms with Crippen LogP contribution in [-0.2, 0) is 12.8 Å². The minimum atomic E-state index is 0.0535. The second kappa shape index (κ2) is 5.75. The van der Waals surface area contributed by atoms with Gasteiger partial charge in [0, 0.05) is 19.3 Å². The molecule has 0 saturated heterocycles. The average molecular weight is 331 g/mol. The average Bonchev–Trinajstić information content (AvgIpc) is 2.70. The van der Waals surface area contributed by atoms with E-state index < -0.39 is 0 Å². The highest BCUT2D eigenvalue weighted by Gasteiger charge is 2.21. The van der Waals surface area contributed by atoms with Crippen molar-refractivity contribution in [1.29, 1.82) is 0 Å². The van der Waals surface area contributed by atoms with Crippen molar-refractivity contribution in [2.45, 2.75) is 12.8 Å². The van der Waals surface area contributed by atoms with Gasteiger partial charge in [-0.05, 0) is 52.0 Å². The van der Waals surface area contributed by atoms with Gasteiger partial charge >= 0.3 is 0 Å². The van der Waals surface area contributed by atoms with Crippen molar-refractivity contribution < 1.29 is 4.79 Å². The maximum Gasteiger partial charge on any atom is 0.256 e. The van der Waals surface area contributed by atoms with Gasteiger partial charge in [0.15, 0.2) is 0 Å². The molecule has 0 atom stereocenters. The monoisotopic (exact) mass is 330 g/mol. The molecule has 3 rings (SSSR count). The Labute approximate surface area is 126 Å². The first-order chi connectivity index (χ1) is 9.75. The van der Waals surface area contributed by atoms with E-state index in [1.807, 2.05) is 11.0 Å². The zero-order chi connectivity index (χ0) is 13.9. The van der Waals surface area contributed by atoms with E-state index in [0.717, 1.165) is 25.9 Å². The van der Waals surface area contributed by atoms with Crippen LogP contribution in [0.3, 0.4) is 0 Å². The van der Waals surface area contributed by atoms with Crippen molar-refractivity contribution in [3.05, 3.63) is 63.9 Å². The highest BCUT2D eigenvalue weighted by molar-refractivity contribution is 9.10. The molecule has 1 aromatic carbocycles. The van der Waals surface area contributed by atoms with Crippen molar-refractivity contribution in [3.8, 4) is 0 Å². The second-order valence-corrected chi connectivity index (χ2v) is 5.65. The second-order valence-electron chi connectivity index (χ2n) is 4.90. The lowest BCUT2D eigenvalue weighted by Crippen LogP contribution is -2.33. The van der Waals surface area contributed by atoms with Gasteiger partial charge < -0.3 is 4.90 Å². The number of nitrogens with zero attached hydrogens (tertiary/aromatic N) is 2. The Bertz CT molecular complexity index is 615. The summed E-state index contributed by atoms with van der Waals surface area (Å²) >= 11 is 3.35. The molecule has 1 amide bonds. The molecule has 0 radical (unpaired) electrons. The molecule has 0 bridgehead atoms. The molecule has 0 unspecified atom stereocenters. The molecule has 4 heteroatoms. The molecule has 0 fully saturated rings. The zero-order valence-corrected chi connectivity index (χ0v) is 12.6. The van der Waals surface area contributed by atoms with E-state index in [9.17, 15) is 4.79 Å². The quantitative estimate of drug-likeness (QED) is 0.753. The van der Waals surface area contributed by atoms with Crippen LogP contribution in [0, 0.1) is 0 Å². The number of hydrogen-bond donors (Lipinski definition) is 0. The summed E-state index contributed by atoms with van der Waals surface area (Å²) in [7, 11) is 0. The molecule has 0 aliphatic carbocycles. The Hall–Kier alpha value is -1.68. The summed E-state index contributed by atoms with van der Waals surface area (Å²) in [5, 5.41) is 0. The van der Waals surface area contributed by atoms with Gasteiger partial charge in [0.25, 0.3) is 5.91 Å². The minimum Gasteiger partial charge on any atom is -0.338 e. The number of halogens is 1. The largest absolute Gasteiger partial charge is 0.338 e. The van der Waals surface area contributed by atoms with Gasteiger partial charge in [-0.25, -0.2) is 4.98 Å². The third-order valence-electron chi connectivity index (χ3n) is 3.70.